The lowest BCUT2D eigenvalue weighted by atomic mass is 9.93. The van der Waals surface area contributed by atoms with Gasteiger partial charge in [0, 0.05) is 4.90 Å². The van der Waals surface area contributed by atoms with E-state index in [1.807, 2.05) is 37.4 Å². The molecule has 134 valence electrons. The van der Waals surface area contributed by atoms with Gasteiger partial charge in [0.15, 0.2) is 0 Å². The molecule has 0 fully saturated rings. The summed E-state index contributed by atoms with van der Waals surface area (Å²) in [5.41, 5.74) is 4.12. The summed E-state index contributed by atoms with van der Waals surface area (Å²) in [5.74, 6) is 1.22. The SMILES string of the molecule is COc1cc(C)c(C(C)NC(=O)c2ccccc2SC)cc1C(C)C. The van der Waals surface area contributed by atoms with Gasteiger partial charge in [-0.1, -0.05) is 26.0 Å². The van der Waals surface area contributed by atoms with Crippen LogP contribution in [0.2, 0.25) is 0 Å². The van der Waals surface area contributed by atoms with Gasteiger partial charge in [0.25, 0.3) is 5.91 Å². The molecule has 25 heavy (non-hydrogen) atoms. The van der Waals surface area contributed by atoms with E-state index in [2.05, 4.69) is 38.2 Å². The monoisotopic (exact) mass is 357 g/mol. The van der Waals surface area contributed by atoms with Crippen molar-refractivity contribution in [3.63, 3.8) is 0 Å². The number of hydrogen-bond acceptors (Lipinski definition) is 3. The first-order valence-electron chi connectivity index (χ1n) is 8.51. The Bertz CT molecular complexity index is 756. The van der Waals surface area contributed by atoms with Gasteiger partial charge in [0.2, 0.25) is 0 Å². The number of ether oxygens (including phenoxy) is 1. The molecule has 1 N–H and O–H groups in total. The van der Waals surface area contributed by atoms with Gasteiger partial charge in [-0.15, -0.1) is 11.8 Å². The Kier molecular flexibility index (Phi) is 6.54. The molecule has 3 nitrogen and oxygen atoms in total. The molecule has 0 saturated carbocycles. The highest BCUT2D eigenvalue weighted by Gasteiger charge is 2.18. The zero-order valence-corrected chi connectivity index (χ0v) is 16.7. The van der Waals surface area contributed by atoms with Crippen molar-refractivity contribution in [1.82, 2.24) is 5.32 Å². The van der Waals surface area contributed by atoms with Gasteiger partial charge in [0.1, 0.15) is 5.75 Å². The van der Waals surface area contributed by atoms with Crippen molar-refractivity contribution in [2.45, 2.75) is 44.6 Å². The lowest BCUT2D eigenvalue weighted by Crippen LogP contribution is -2.27. The fourth-order valence-electron chi connectivity index (χ4n) is 2.99. The minimum atomic E-state index is -0.0779. The highest BCUT2D eigenvalue weighted by atomic mass is 32.2. The molecule has 0 spiro atoms. The number of methoxy groups -OCH3 is 1. The van der Waals surface area contributed by atoms with Gasteiger partial charge >= 0.3 is 0 Å². The second-order valence-electron chi connectivity index (χ2n) is 6.50. The van der Waals surface area contributed by atoms with Crippen molar-refractivity contribution in [2.24, 2.45) is 0 Å². The van der Waals surface area contributed by atoms with Crippen LogP contribution in [0, 0.1) is 6.92 Å². The van der Waals surface area contributed by atoms with E-state index in [1.165, 1.54) is 0 Å². The van der Waals surface area contributed by atoms with Crippen LogP contribution in [0.15, 0.2) is 41.3 Å². The molecule has 0 aliphatic carbocycles. The number of amides is 1. The summed E-state index contributed by atoms with van der Waals surface area (Å²) in [5, 5.41) is 3.14. The average molecular weight is 358 g/mol. The number of rotatable bonds is 6. The van der Waals surface area contributed by atoms with E-state index in [4.69, 9.17) is 4.74 Å². The first-order valence-corrected chi connectivity index (χ1v) is 9.73. The van der Waals surface area contributed by atoms with Crippen LogP contribution in [0.25, 0.3) is 0 Å². The summed E-state index contributed by atoms with van der Waals surface area (Å²) in [6.45, 7) is 8.38. The van der Waals surface area contributed by atoms with Gasteiger partial charge in [-0.05, 0) is 67.0 Å². The maximum absolute atomic E-state index is 12.7. The Labute approximate surface area is 155 Å². The second kappa shape index (κ2) is 8.43. The molecule has 4 heteroatoms. The van der Waals surface area contributed by atoms with E-state index in [0.29, 0.717) is 5.92 Å². The molecule has 0 aliphatic heterocycles. The second-order valence-corrected chi connectivity index (χ2v) is 7.35. The quantitative estimate of drug-likeness (QED) is 0.709. The van der Waals surface area contributed by atoms with Gasteiger partial charge in [0.05, 0.1) is 18.7 Å². The van der Waals surface area contributed by atoms with Crippen molar-refractivity contribution in [2.75, 3.05) is 13.4 Å². The van der Waals surface area contributed by atoms with Crippen LogP contribution in [-0.4, -0.2) is 19.3 Å². The Morgan fingerprint density at radius 1 is 1.12 bits per heavy atom. The van der Waals surface area contributed by atoms with Gasteiger partial charge in [-0.25, -0.2) is 0 Å². The van der Waals surface area contributed by atoms with Crippen molar-refractivity contribution in [1.29, 1.82) is 0 Å². The van der Waals surface area contributed by atoms with Gasteiger partial charge < -0.3 is 10.1 Å². The number of carbonyl (C=O) groups excluding carboxylic acids is 1. The third kappa shape index (κ3) is 4.37. The van der Waals surface area contributed by atoms with E-state index in [-0.39, 0.29) is 11.9 Å². The summed E-state index contributed by atoms with van der Waals surface area (Å²) < 4.78 is 5.51. The van der Waals surface area contributed by atoms with E-state index >= 15 is 0 Å². The molecule has 0 radical (unpaired) electrons. The smallest absolute Gasteiger partial charge is 0.252 e. The third-order valence-electron chi connectivity index (χ3n) is 4.41. The summed E-state index contributed by atoms with van der Waals surface area (Å²) >= 11 is 1.58. The average Bonchev–Trinajstić information content (AvgIpc) is 2.60. The summed E-state index contributed by atoms with van der Waals surface area (Å²) in [6.07, 6.45) is 1.98. The van der Waals surface area contributed by atoms with E-state index in [1.54, 1.807) is 18.9 Å². The molecule has 1 unspecified atom stereocenters. The third-order valence-corrected chi connectivity index (χ3v) is 5.20. The molecule has 0 saturated heterocycles. The Morgan fingerprint density at radius 2 is 1.80 bits per heavy atom. The molecule has 1 amide bonds. The summed E-state index contributed by atoms with van der Waals surface area (Å²) in [6, 6.07) is 11.8. The molecule has 0 bridgehead atoms. The molecular weight excluding hydrogens is 330 g/mol. The van der Waals surface area contributed by atoms with Crippen LogP contribution in [0.3, 0.4) is 0 Å². The molecule has 0 heterocycles. The maximum atomic E-state index is 12.7. The highest BCUT2D eigenvalue weighted by Crippen LogP contribution is 2.32. The highest BCUT2D eigenvalue weighted by molar-refractivity contribution is 7.98. The zero-order chi connectivity index (χ0) is 18.6. The topological polar surface area (TPSA) is 38.3 Å². The molecule has 2 rings (SSSR count). The van der Waals surface area contributed by atoms with Gasteiger partial charge in [-0.3, -0.25) is 4.79 Å². The molecular formula is C21H27NO2S. The number of carbonyl (C=O) groups is 1. The Hall–Kier alpha value is -1.94. The summed E-state index contributed by atoms with van der Waals surface area (Å²) in [4.78, 5) is 13.7. The lowest BCUT2D eigenvalue weighted by Gasteiger charge is -2.21. The maximum Gasteiger partial charge on any atom is 0.252 e. The van der Waals surface area contributed by atoms with Crippen LogP contribution in [-0.2, 0) is 0 Å². The van der Waals surface area contributed by atoms with Crippen molar-refractivity contribution >= 4 is 17.7 Å². The van der Waals surface area contributed by atoms with Gasteiger partial charge in [-0.2, -0.15) is 0 Å². The van der Waals surface area contributed by atoms with Crippen LogP contribution in [0.1, 0.15) is 59.8 Å². The van der Waals surface area contributed by atoms with Crippen molar-refractivity contribution in [3.05, 3.63) is 58.7 Å². The largest absolute Gasteiger partial charge is 0.496 e. The lowest BCUT2D eigenvalue weighted by molar-refractivity contribution is 0.0937. The summed E-state index contributed by atoms with van der Waals surface area (Å²) in [7, 11) is 1.70. The molecule has 2 aromatic carbocycles. The first-order chi connectivity index (χ1) is 11.9. The van der Waals surface area contributed by atoms with Crippen LogP contribution in [0.4, 0.5) is 0 Å². The van der Waals surface area contributed by atoms with Crippen LogP contribution in [0.5, 0.6) is 5.75 Å². The van der Waals surface area contributed by atoms with Crippen molar-refractivity contribution < 1.29 is 9.53 Å². The van der Waals surface area contributed by atoms with E-state index in [0.717, 1.165) is 32.9 Å². The normalized spacial score (nSPS) is 12.1. The van der Waals surface area contributed by atoms with Crippen molar-refractivity contribution in [3.8, 4) is 5.75 Å². The Balaban J connectivity index is 2.30. The minimum Gasteiger partial charge on any atom is -0.496 e. The van der Waals surface area contributed by atoms with Crippen LogP contribution >= 0.6 is 11.8 Å². The van der Waals surface area contributed by atoms with Crippen LogP contribution < -0.4 is 10.1 Å². The number of benzene rings is 2. The Morgan fingerprint density at radius 3 is 2.40 bits per heavy atom. The number of thioether (sulfide) groups is 1. The minimum absolute atomic E-state index is 0.0428. The predicted octanol–water partition coefficient (Wildman–Crippen LogP) is 5.34. The zero-order valence-electron chi connectivity index (χ0n) is 15.8. The predicted molar refractivity (Wildman–Crippen MR) is 106 cm³/mol. The molecule has 0 aliphatic rings. The standard InChI is InChI=1S/C21H27NO2S/c1-13(2)17-12-18(14(3)11-19(17)24-5)15(4)22-21(23)16-9-7-8-10-20(16)25-6/h7-13,15H,1-6H3,(H,22,23). The molecule has 2 aromatic rings. The van der Waals surface area contributed by atoms with E-state index < -0.39 is 0 Å². The number of aryl methyl sites for hydroxylation is 1. The fourth-order valence-corrected chi connectivity index (χ4v) is 3.59. The molecule has 1 atom stereocenters. The van der Waals surface area contributed by atoms with E-state index in [9.17, 15) is 4.79 Å². The molecule has 0 aromatic heterocycles. The fraction of sp³-hybridized carbons (Fsp3) is 0.381. The first kappa shape index (κ1) is 19.4. The number of nitrogens with one attached hydrogen (secondary N) is 1. The number of hydrogen-bond donors (Lipinski definition) is 1.